The highest BCUT2D eigenvalue weighted by atomic mass is 35.6. The van der Waals surface area contributed by atoms with E-state index in [4.69, 9.17) is 39.5 Å². The van der Waals surface area contributed by atoms with Crippen LogP contribution in [-0.4, -0.2) is 54.4 Å². The van der Waals surface area contributed by atoms with Crippen molar-refractivity contribution < 1.29 is 9.53 Å². The van der Waals surface area contributed by atoms with Crippen LogP contribution in [0.3, 0.4) is 0 Å². The van der Waals surface area contributed by atoms with E-state index in [1.165, 1.54) is 16.0 Å². The van der Waals surface area contributed by atoms with E-state index >= 15 is 0 Å². The van der Waals surface area contributed by atoms with Crippen LogP contribution in [0.2, 0.25) is 0 Å². The quantitative estimate of drug-likeness (QED) is 0.213. The minimum Gasteiger partial charge on any atom is -0.495 e. The highest BCUT2D eigenvalue weighted by molar-refractivity contribution is 7.97. The summed E-state index contributed by atoms with van der Waals surface area (Å²) in [6, 6.07) is 12.5. The summed E-state index contributed by atoms with van der Waals surface area (Å²) in [5.74, 6) is 0.299. The highest BCUT2D eigenvalue weighted by Crippen LogP contribution is 2.34. The zero-order valence-electron chi connectivity index (χ0n) is 23.9. The van der Waals surface area contributed by atoms with Gasteiger partial charge in [0.25, 0.3) is 9.70 Å². The first-order valence-electron chi connectivity index (χ1n) is 13.3. The zero-order valence-corrected chi connectivity index (χ0v) is 27.0. The lowest BCUT2D eigenvalue weighted by molar-refractivity contribution is -0.130. The van der Waals surface area contributed by atoms with Gasteiger partial charge in [0.05, 0.1) is 12.8 Å². The normalized spacial score (nSPS) is 14.2. The van der Waals surface area contributed by atoms with Crippen molar-refractivity contribution in [3.05, 3.63) is 65.1 Å². The van der Waals surface area contributed by atoms with Crippen LogP contribution in [0.1, 0.15) is 40.2 Å². The molecule has 39 heavy (non-hydrogen) atoms. The molecule has 0 saturated carbocycles. The number of rotatable bonds is 8. The molecule has 9 heteroatoms. The third kappa shape index (κ3) is 10.6. The molecule has 0 aromatic heterocycles. The molecule has 1 saturated heterocycles. The van der Waals surface area contributed by atoms with Crippen molar-refractivity contribution in [1.29, 1.82) is 0 Å². The Kier molecular flexibility index (Phi) is 16.7. The third-order valence-electron chi connectivity index (χ3n) is 5.80. The van der Waals surface area contributed by atoms with Gasteiger partial charge < -0.3 is 14.5 Å². The van der Waals surface area contributed by atoms with E-state index in [0.717, 1.165) is 29.3 Å². The number of alkyl halides is 3. The summed E-state index contributed by atoms with van der Waals surface area (Å²) in [4.78, 5) is 17.1. The van der Waals surface area contributed by atoms with Gasteiger partial charge in [0.1, 0.15) is 5.75 Å². The van der Waals surface area contributed by atoms with Gasteiger partial charge in [-0.1, -0.05) is 106 Å². The van der Waals surface area contributed by atoms with Crippen molar-refractivity contribution in [3.8, 4) is 5.75 Å². The summed E-state index contributed by atoms with van der Waals surface area (Å²) in [7, 11) is 1.66. The summed E-state index contributed by atoms with van der Waals surface area (Å²) >= 11 is 18.9. The number of nitrogens with one attached hydrogen (secondary N) is 1. The molecule has 5 nitrogen and oxygen atoms in total. The van der Waals surface area contributed by atoms with Gasteiger partial charge in [0.15, 0.2) is 0 Å². The number of methoxy groups -OCH3 is 1. The summed E-state index contributed by atoms with van der Waals surface area (Å²) in [5, 5.41) is 2.43. The molecule has 1 fully saturated rings. The summed E-state index contributed by atoms with van der Waals surface area (Å²) in [6.45, 7) is 16.9. The van der Waals surface area contributed by atoms with E-state index in [2.05, 4.69) is 53.5 Å². The number of amides is 1. The van der Waals surface area contributed by atoms with Crippen molar-refractivity contribution in [2.24, 2.45) is 0 Å². The van der Waals surface area contributed by atoms with E-state index in [1.807, 2.05) is 52.0 Å². The first-order chi connectivity index (χ1) is 18.8. The van der Waals surface area contributed by atoms with Gasteiger partial charge in [-0.2, -0.15) is 0 Å². The zero-order chi connectivity index (χ0) is 29.4. The minimum absolute atomic E-state index is 0.477. The third-order valence-corrected chi connectivity index (χ3v) is 7.13. The first kappa shape index (κ1) is 35.2. The SMILES string of the molecule is C=C/C=c1/cccc(CCNSc2ccc(OC)c(N3CCN(C(=O)C(Cl)(Cl)Cl)CC3)c2)/c1=C/C.CC.CC. The first-order valence-corrected chi connectivity index (χ1v) is 15.3. The highest BCUT2D eigenvalue weighted by Gasteiger charge is 2.36. The molecule has 0 bridgehead atoms. The molecule has 0 radical (unpaired) electrons. The smallest absolute Gasteiger partial charge is 0.274 e. The van der Waals surface area contributed by atoms with Crippen molar-refractivity contribution in [2.45, 2.75) is 49.7 Å². The van der Waals surface area contributed by atoms with Gasteiger partial charge in [-0.15, -0.1) is 0 Å². The van der Waals surface area contributed by atoms with Gasteiger partial charge in [-0.05, 0) is 59.5 Å². The van der Waals surface area contributed by atoms with Gasteiger partial charge in [-0.3, -0.25) is 9.52 Å². The average molecular weight is 615 g/mol. The lowest BCUT2D eigenvalue weighted by Gasteiger charge is -2.37. The number of hydrogen-bond donors (Lipinski definition) is 1. The monoisotopic (exact) mass is 613 g/mol. The Balaban J connectivity index is 0.00000181. The number of ether oxygens (including phenoxy) is 1. The lowest BCUT2D eigenvalue weighted by atomic mass is 10.1. The Labute approximate surface area is 254 Å². The largest absolute Gasteiger partial charge is 0.495 e. The molecule has 1 N–H and O–H groups in total. The second-order valence-electron chi connectivity index (χ2n) is 7.97. The molecule has 1 heterocycles. The second-order valence-corrected chi connectivity index (χ2v) is 11.2. The summed E-state index contributed by atoms with van der Waals surface area (Å²) < 4.78 is 7.14. The number of piperazine rings is 1. The molecule has 0 atom stereocenters. The van der Waals surface area contributed by atoms with Gasteiger partial charge in [-0.25, -0.2) is 0 Å². The number of carbonyl (C=O) groups excluding carboxylic acids is 1. The Bertz CT molecular complexity index is 1160. The average Bonchev–Trinajstić information content (AvgIpc) is 2.97. The van der Waals surface area contributed by atoms with Gasteiger partial charge >= 0.3 is 0 Å². The van der Waals surface area contributed by atoms with Crippen LogP contribution in [0, 0.1) is 0 Å². The summed E-state index contributed by atoms with van der Waals surface area (Å²) in [6.07, 6.45) is 6.91. The van der Waals surface area contributed by atoms with Crippen molar-refractivity contribution in [2.75, 3.05) is 44.7 Å². The van der Waals surface area contributed by atoms with E-state index in [9.17, 15) is 4.79 Å². The van der Waals surface area contributed by atoms with Crippen LogP contribution in [0.5, 0.6) is 5.75 Å². The predicted molar refractivity (Wildman–Crippen MR) is 173 cm³/mol. The van der Waals surface area contributed by atoms with Crippen LogP contribution < -0.4 is 24.8 Å². The second kappa shape index (κ2) is 18.5. The molecule has 216 valence electrons. The number of benzene rings is 2. The Morgan fingerprint density at radius 1 is 1.10 bits per heavy atom. The van der Waals surface area contributed by atoms with Gasteiger partial charge in [0, 0.05) is 37.6 Å². The van der Waals surface area contributed by atoms with E-state index in [0.29, 0.717) is 26.2 Å². The molecule has 0 unspecified atom stereocenters. The van der Waals surface area contributed by atoms with Crippen molar-refractivity contribution >= 4 is 70.5 Å². The van der Waals surface area contributed by atoms with E-state index in [1.54, 1.807) is 24.0 Å². The van der Waals surface area contributed by atoms with E-state index in [-0.39, 0.29) is 0 Å². The fraction of sp³-hybridized carbons (Fsp3) is 0.433. The Hall–Kier alpha value is -1.83. The van der Waals surface area contributed by atoms with Crippen LogP contribution >= 0.6 is 46.8 Å². The van der Waals surface area contributed by atoms with Crippen molar-refractivity contribution in [3.63, 3.8) is 0 Å². The maximum atomic E-state index is 12.2. The maximum Gasteiger partial charge on any atom is 0.274 e. The van der Waals surface area contributed by atoms with E-state index < -0.39 is 9.70 Å². The minimum atomic E-state index is -1.93. The van der Waals surface area contributed by atoms with Crippen molar-refractivity contribution in [1.82, 2.24) is 9.62 Å². The number of halogens is 3. The van der Waals surface area contributed by atoms with Crippen LogP contribution in [-0.2, 0) is 11.2 Å². The molecule has 1 amide bonds. The molecule has 3 rings (SSSR count). The molecule has 1 aliphatic heterocycles. The lowest BCUT2D eigenvalue weighted by Crippen LogP contribution is -2.51. The molecular weight excluding hydrogens is 573 g/mol. The number of nitrogens with zero attached hydrogens (tertiary/aromatic N) is 2. The number of hydrogen-bond acceptors (Lipinski definition) is 5. The number of allylic oxidation sites excluding steroid dienone is 1. The Morgan fingerprint density at radius 2 is 1.77 bits per heavy atom. The maximum absolute atomic E-state index is 12.2. The Morgan fingerprint density at radius 3 is 2.33 bits per heavy atom. The topological polar surface area (TPSA) is 44.8 Å². The number of anilines is 1. The molecule has 2 aromatic carbocycles. The molecule has 1 aliphatic rings. The molecule has 0 spiro atoms. The van der Waals surface area contributed by atoms with Gasteiger partial charge in [0.2, 0.25) is 0 Å². The molecule has 2 aromatic rings. The predicted octanol–water partition coefficient (Wildman–Crippen LogP) is 6.37. The fourth-order valence-electron chi connectivity index (χ4n) is 4.11. The van der Waals surface area contributed by atoms with Crippen LogP contribution in [0.4, 0.5) is 5.69 Å². The summed E-state index contributed by atoms with van der Waals surface area (Å²) in [5.41, 5.74) is 2.28. The number of carbonyl (C=O) groups is 1. The van der Waals surface area contributed by atoms with Crippen LogP contribution in [0.15, 0.2) is 53.9 Å². The molecule has 0 aliphatic carbocycles. The molecular formula is C30H42Cl3N3O2S. The fourth-order valence-corrected chi connectivity index (χ4v) is 5.14. The standard InChI is InChI=1S/C26H30Cl3N3O2S.2C2H6/c1-4-7-19-8-6-9-20(22(19)5-2)12-13-30-35-21-10-11-24(34-3)23(18-21)31-14-16-32(17-15-31)25(33)26(27,28)29;2*1-2/h4-11,18,30H,1,12-17H2,2-3H3;2*1-2H3/b19-7-,22-5+;;. The van der Waals surface area contributed by atoms with Crippen LogP contribution in [0.25, 0.3) is 12.2 Å².